The summed E-state index contributed by atoms with van der Waals surface area (Å²) >= 11 is 1.71. The minimum absolute atomic E-state index is 0.114. The minimum Gasteiger partial charge on any atom is -0.497 e. The van der Waals surface area contributed by atoms with Gasteiger partial charge in [0, 0.05) is 37.3 Å². The molecule has 4 heterocycles. The van der Waals surface area contributed by atoms with Crippen molar-refractivity contribution in [3.63, 3.8) is 0 Å². The fourth-order valence-corrected chi connectivity index (χ4v) is 5.33. The molecular weight excluding hydrogens is 384 g/mol. The Morgan fingerprint density at radius 1 is 1.14 bits per heavy atom. The van der Waals surface area contributed by atoms with Crippen molar-refractivity contribution in [1.82, 2.24) is 19.4 Å². The van der Waals surface area contributed by atoms with E-state index in [1.807, 2.05) is 41.9 Å². The van der Waals surface area contributed by atoms with Crippen molar-refractivity contribution in [1.29, 1.82) is 0 Å². The first-order valence-corrected chi connectivity index (χ1v) is 10.7. The highest BCUT2D eigenvalue weighted by Crippen LogP contribution is 2.35. The Morgan fingerprint density at radius 3 is 2.66 bits per heavy atom. The third-order valence-electron chi connectivity index (χ3n) is 6.08. The molecule has 2 atom stereocenters. The van der Waals surface area contributed by atoms with Gasteiger partial charge in [0.25, 0.3) is 5.91 Å². The Bertz CT molecular complexity index is 1030. The van der Waals surface area contributed by atoms with Crippen LogP contribution in [0.25, 0.3) is 0 Å². The molecule has 0 bridgehead atoms. The molecule has 0 unspecified atom stereocenters. The molecule has 1 aromatic carbocycles. The molecule has 7 heteroatoms. The first-order chi connectivity index (χ1) is 14.1. The van der Waals surface area contributed by atoms with Crippen molar-refractivity contribution in [2.75, 3.05) is 20.2 Å². The number of likely N-dealkylation sites (tertiary alicyclic amines) is 1. The number of nitrogens with zero attached hydrogens (tertiary/aromatic N) is 4. The summed E-state index contributed by atoms with van der Waals surface area (Å²) in [5.74, 6) is 0.945. The number of thiazole rings is 1. The quantitative estimate of drug-likeness (QED) is 0.650. The van der Waals surface area contributed by atoms with E-state index in [9.17, 15) is 4.79 Å². The topological polar surface area (TPSA) is 50.6 Å². The average molecular weight is 409 g/mol. The Hall–Kier alpha value is -2.64. The van der Waals surface area contributed by atoms with Crippen LogP contribution < -0.4 is 4.74 Å². The molecule has 1 amide bonds. The summed E-state index contributed by atoms with van der Waals surface area (Å²) < 4.78 is 7.44. The zero-order valence-corrected chi connectivity index (χ0v) is 17.4. The second-order valence-corrected chi connectivity index (χ2v) is 8.71. The van der Waals surface area contributed by atoms with Crippen LogP contribution in [-0.4, -0.2) is 51.5 Å². The zero-order chi connectivity index (χ0) is 20.0. The Morgan fingerprint density at radius 2 is 1.93 bits per heavy atom. The molecule has 29 heavy (non-hydrogen) atoms. The van der Waals surface area contributed by atoms with Crippen LogP contribution >= 0.6 is 11.3 Å². The molecule has 150 valence electrons. The molecule has 5 rings (SSSR count). The minimum atomic E-state index is 0.114. The predicted molar refractivity (Wildman–Crippen MR) is 112 cm³/mol. The van der Waals surface area contributed by atoms with Gasteiger partial charge in [-0.3, -0.25) is 9.69 Å². The molecule has 6 nitrogen and oxygen atoms in total. The maximum atomic E-state index is 13.3. The van der Waals surface area contributed by atoms with E-state index < -0.39 is 0 Å². The highest BCUT2D eigenvalue weighted by atomic mass is 32.1. The van der Waals surface area contributed by atoms with Crippen LogP contribution in [0, 0.1) is 6.92 Å². The fraction of sp³-hybridized carbons (Fsp3) is 0.364. The number of benzene rings is 1. The molecule has 0 aliphatic carbocycles. The summed E-state index contributed by atoms with van der Waals surface area (Å²) in [5, 5.41) is 0. The van der Waals surface area contributed by atoms with E-state index in [0.29, 0.717) is 6.54 Å². The summed E-state index contributed by atoms with van der Waals surface area (Å²) in [6, 6.07) is 12.4. The molecule has 2 aliphatic heterocycles. The number of ether oxygens (including phenoxy) is 1. The summed E-state index contributed by atoms with van der Waals surface area (Å²) in [6.07, 6.45) is 2.05. The smallest absolute Gasteiger partial charge is 0.271 e. The van der Waals surface area contributed by atoms with Crippen molar-refractivity contribution >= 4 is 17.2 Å². The first-order valence-electron chi connectivity index (χ1n) is 9.86. The summed E-state index contributed by atoms with van der Waals surface area (Å²) in [5.41, 5.74) is 4.93. The standard InChI is InChI=1S/C22H24N4O2S/c1-15-21(29-14-23-15)13-24-11-19-20(12-24)26(22(27)18-4-3-9-25(18)19)10-16-5-7-17(28-2)8-6-16/h3-9,14,19-20H,10-13H2,1-2H3/t19-,20-/m0/s1. The van der Waals surface area contributed by atoms with Crippen molar-refractivity contribution in [3.05, 3.63) is 69.9 Å². The molecule has 3 aromatic rings. The number of methoxy groups -OCH3 is 1. The lowest BCUT2D eigenvalue weighted by Crippen LogP contribution is -2.49. The van der Waals surface area contributed by atoms with Crippen LogP contribution in [0.1, 0.15) is 32.7 Å². The molecule has 0 radical (unpaired) electrons. The van der Waals surface area contributed by atoms with Crippen molar-refractivity contribution in [3.8, 4) is 5.75 Å². The van der Waals surface area contributed by atoms with Crippen LogP contribution in [0.4, 0.5) is 0 Å². The van der Waals surface area contributed by atoms with E-state index in [-0.39, 0.29) is 18.0 Å². The van der Waals surface area contributed by atoms with Crippen LogP contribution in [-0.2, 0) is 13.1 Å². The van der Waals surface area contributed by atoms with Crippen LogP contribution in [0.15, 0.2) is 48.1 Å². The fourth-order valence-electron chi connectivity index (χ4n) is 4.52. The van der Waals surface area contributed by atoms with Gasteiger partial charge in [0.05, 0.1) is 30.4 Å². The van der Waals surface area contributed by atoms with Crippen LogP contribution in [0.5, 0.6) is 5.75 Å². The van der Waals surface area contributed by atoms with E-state index in [1.54, 1.807) is 18.4 Å². The lowest BCUT2D eigenvalue weighted by molar-refractivity contribution is 0.0556. The van der Waals surface area contributed by atoms with Gasteiger partial charge in [-0.15, -0.1) is 11.3 Å². The number of amides is 1. The average Bonchev–Trinajstić information content (AvgIpc) is 3.46. The van der Waals surface area contributed by atoms with Gasteiger partial charge in [0.1, 0.15) is 11.4 Å². The molecule has 0 N–H and O–H groups in total. The largest absolute Gasteiger partial charge is 0.497 e. The van der Waals surface area contributed by atoms with Crippen LogP contribution in [0.3, 0.4) is 0 Å². The van der Waals surface area contributed by atoms with E-state index in [0.717, 1.165) is 42.3 Å². The number of carbonyl (C=O) groups is 1. The Labute approximate surface area is 174 Å². The van der Waals surface area contributed by atoms with Gasteiger partial charge in [-0.05, 0) is 36.8 Å². The molecule has 0 spiro atoms. The zero-order valence-electron chi connectivity index (χ0n) is 16.6. The number of aryl methyl sites for hydroxylation is 1. The van der Waals surface area contributed by atoms with E-state index in [1.165, 1.54) is 4.88 Å². The first kappa shape index (κ1) is 18.4. The van der Waals surface area contributed by atoms with Gasteiger partial charge in [0.2, 0.25) is 0 Å². The summed E-state index contributed by atoms with van der Waals surface area (Å²) in [4.78, 5) is 23.5. The van der Waals surface area contributed by atoms with Gasteiger partial charge in [-0.25, -0.2) is 4.98 Å². The van der Waals surface area contributed by atoms with E-state index in [2.05, 4.69) is 32.5 Å². The third-order valence-corrected chi connectivity index (χ3v) is 7.00. The molecular formula is C22H24N4O2S. The molecule has 1 fully saturated rings. The monoisotopic (exact) mass is 408 g/mol. The van der Waals surface area contributed by atoms with Gasteiger partial charge in [-0.2, -0.15) is 0 Å². The Balaban J connectivity index is 1.42. The third kappa shape index (κ3) is 3.24. The molecule has 1 saturated heterocycles. The lowest BCUT2D eigenvalue weighted by Gasteiger charge is -2.38. The van der Waals surface area contributed by atoms with Gasteiger partial charge in [0.15, 0.2) is 0 Å². The Kier molecular flexibility index (Phi) is 4.64. The van der Waals surface area contributed by atoms with Crippen molar-refractivity contribution in [2.24, 2.45) is 0 Å². The number of hydrogen-bond acceptors (Lipinski definition) is 5. The SMILES string of the molecule is COc1ccc(CN2C(=O)c3cccn3[C@H]3CN(Cc4scnc4C)C[C@@H]32)cc1. The van der Waals surface area contributed by atoms with Gasteiger partial charge < -0.3 is 14.2 Å². The summed E-state index contributed by atoms with van der Waals surface area (Å²) in [7, 11) is 1.67. The summed E-state index contributed by atoms with van der Waals surface area (Å²) in [6.45, 7) is 5.39. The van der Waals surface area contributed by atoms with E-state index >= 15 is 0 Å². The van der Waals surface area contributed by atoms with Crippen molar-refractivity contribution < 1.29 is 9.53 Å². The number of fused-ring (bicyclic) bond motifs is 3. The lowest BCUT2D eigenvalue weighted by atomic mass is 10.0. The maximum absolute atomic E-state index is 13.3. The number of hydrogen-bond donors (Lipinski definition) is 0. The number of aromatic nitrogens is 2. The normalized spacial score (nSPS) is 21.3. The highest BCUT2D eigenvalue weighted by molar-refractivity contribution is 7.09. The number of carbonyl (C=O) groups excluding carboxylic acids is 1. The highest BCUT2D eigenvalue weighted by Gasteiger charge is 2.44. The second-order valence-electron chi connectivity index (χ2n) is 7.77. The number of rotatable bonds is 5. The van der Waals surface area contributed by atoms with Crippen molar-refractivity contribution in [2.45, 2.75) is 32.1 Å². The predicted octanol–water partition coefficient (Wildman–Crippen LogP) is 3.34. The van der Waals surface area contributed by atoms with Crippen LogP contribution in [0.2, 0.25) is 0 Å². The molecule has 2 aromatic heterocycles. The van der Waals surface area contributed by atoms with Gasteiger partial charge in [-0.1, -0.05) is 12.1 Å². The van der Waals surface area contributed by atoms with E-state index in [4.69, 9.17) is 4.74 Å². The van der Waals surface area contributed by atoms with Gasteiger partial charge >= 0.3 is 0 Å². The molecule has 0 saturated carbocycles. The molecule has 2 aliphatic rings. The second kappa shape index (κ2) is 7.31. The maximum Gasteiger partial charge on any atom is 0.271 e.